The first kappa shape index (κ1) is 10.1. The quantitative estimate of drug-likeness (QED) is 0.704. The number of nitrogens with zero attached hydrogens (tertiary/aromatic N) is 1. The van der Waals surface area contributed by atoms with Crippen molar-refractivity contribution in [3.8, 4) is 5.75 Å². The van der Waals surface area contributed by atoms with Crippen LogP contribution in [0.5, 0.6) is 5.75 Å². The normalized spacial score (nSPS) is 20.7. The van der Waals surface area contributed by atoms with E-state index in [4.69, 9.17) is 16.2 Å². The minimum atomic E-state index is 0.286. The van der Waals surface area contributed by atoms with Crippen molar-refractivity contribution in [2.75, 3.05) is 30.8 Å². The number of nitrogens with two attached hydrogens (primary N) is 2. The second-order valence-electron chi connectivity index (χ2n) is 3.92. The summed E-state index contributed by atoms with van der Waals surface area (Å²) in [6.07, 6.45) is 1.05. The van der Waals surface area contributed by atoms with Crippen LogP contribution in [0.25, 0.3) is 0 Å². The highest BCUT2D eigenvalue weighted by atomic mass is 16.5. The van der Waals surface area contributed by atoms with Crippen molar-refractivity contribution < 1.29 is 4.74 Å². The molecule has 82 valence electrons. The fraction of sp³-hybridized carbons (Fsp3) is 0.455. The fourth-order valence-corrected chi connectivity index (χ4v) is 1.92. The van der Waals surface area contributed by atoms with Gasteiger partial charge in [0.25, 0.3) is 0 Å². The van der Waals surface area contributed by atoms with Gasteiger partial charge in [0, 0.05) is 30.9 Å². The highest BCUT2D eigenvalue weighted by molar-refractivity contribution is 5.62. The third-order valence-corrected chi connectivity index (χ3v) is 2.81. The van der Waals surface area contributed by atoms with Crippen LogP contribution in [-0.2, 0) is 0 Å². The molecule has 2 rings (SSSR count). The summed E-state index contributed by atoms with van der Waals surface area (Å²) in [6.45, 7) is 1.92. The molecule has 0 aliphatic carbocycles. The average Bonchev–Trinajstić information content (AvgIpc) is 2.66. The van der Waals surface area contributed by atoms with Crippen molar-refractivity contribution in [2.24, 2.45) is 5.73 Å². The lowest BCUT2D eigenvalue weighted by Crippen LogP contribution is -2.26. The van der Waals surface area contributed by atoms with Crippen LogP contribution < -0.4 is 21.1 Å². The van der Waals surface area contributed by atoms with Crippen molar-refractivity contribution in [3.63, 3.8) is 0 Å². The number of benzene rings is 1. The summed E-state index contributed by atoms with van der Waals surface area (Å²) in [4.78, 5) is 2.26. The number of rotatable bonds is 2. The van der Waals surface area contributed by atoms with Crippen molar-refractivity contribution in [3.05, 3.63) is 18.2 Å². The van der Waals surface area contributed by atoms with Crippen molar-refractivity contribution in [1.29, 1.82) is 0 Å². The van der Waals surface area contributed by atoms with Gasteiger partial charge in [0.15, 0.2) is 0 Å². The van der Waals surface area contributed by atoms with Gasteiger partial charge in [-0.05, 0) is 18.6 Å². The van der Waals surface area contributed by atoms with Crippen molar-refractivity contribution >= 4 is 11.4 Å². The van der Waals surface area contributed by atoms with Gasteiger partial charge in [0.1, 0.15) is 5.75 Å². The molecule has 4 N–H and O–H groups in total. The number of hydrogen-bond acceptors (Lipinski definition) is 4. The molecular weight excluding hydrogens is 190 g/mol. The van der Waals surface area contributed by atoms with Crippen molar-refractivity contribution in [1.82, 2.24) is 0 Å². The van der Waals surface area contributed by atoms with Gasteiger partial charge in [-0.2, -0.15) is 0 Å². The standard InChI is InChI=1S/C11H17N3O/c1-15-11-6-9(2-3-10(11)13)14-5-4-8(12)7-14/h2-3,6,8H,4-5,7,12-13H2,1H3. The Bertz CT molecular complexity index is 354. The van der Waals surface area contributed by atoms with Gasteiger partial charge in [-0.25, -0.2) is 0 Å². The molecule has 4 heteroatoms. The first-order valence-electron chi connectivity index (χ1n) is 5.14. The van der Waals surface area contributed by atoms with Gasteiger partial charge >= 0.3 is 0 Å². The summed E-state index contributed by atoms with van der Waals surface area (Å²) in [5, 5.41) is 0. The molecule has 0 radical (unpaired) electrons. The molecule has 1 saturated heterocycles. The summed E-state index contributed by atoms with van der Waals surface area (Å²) in [6, 6.07) is 6.13. The molecule has 1 aromatic rings. The van der Waals surface area contributed by atoms with Gasteiger partial charge in [0.05, 0.1) is 12.8 Å². The predicted molar refractivity (Wildman–Crippen MR) is 62.2 cm³/mol. The molecule has 1 aliphatic heterocycles. The molecule has 15 heavy (non-hydrogen) atoms. The second kappa shape index (κ2) is 3.98. The predicted octanol–water partition coefficient (Wildman–Crippen LogP) is 0.815. The Balaban J connectivity index is 2.21. The zero-order chi connectivity index (χ0) is 10.8. The van der Waals surface area contributed by atoms with Gasteiger partial charge in [-0.15, -0.1) is 0 Å². The van der Waals surface area contributed by atoms with E-state index in [1.54, 1.807) is 7.11 Å². The first-order chi connectivity index (χ1) is 7.20. The minimum Gasteiger partial charge on any atom is -0.495 e. The molecule has 0 amide bonds. The van der Waals surface area contributed by atoms with E-state index >= 15 is 0 Å². The Labute approximate surface area is 89.8 Å². The monoisotopic (exact) mass is 207 g/mol. The highest BCUT2D eigenvalue weighted by Crippen LogP contribution is 2.28. The summed E-state index contributed by atoms with van der Waals surface area (Å²) in [7, 11) is 1.63. The van der Waals surface area contributed by atoms with E-state index in [0.29, 0.717) is 5.69 Å². The molecule has 1 unspecified atom stereocenters. The Morgan fingerprint density at radius 1 is 1.47 bits per heavy atom. The van der Waals surface area contributed by atoms with Crippen LogP contribution in [0.3, 0.4) is 0 Å². The molecule has 4 nitrogen and oxygen atoms in total. The van der Waals surface area contributed by atoms with Crippen molar-refractivity contribution in [2.45, 2.75) is 12.5 Å². The van der Waals surface area contributed by atoms with E-state index in [9.17, 15) is 0 Å². The van der Waals surface area contributed by atoms with E-state index in [-0.39, 0.29) is 6.04 Å². The lowest BCUT2D eigenvalue weighted by Gasteiger charge is -2.19. The zero-order valence-electron chi connectivity index (χ0n) is 8.94. The van der Waals surface area contributed by atoms with Crippen LogP contribution in [0.4, 0.5) is 11.4 Å². The SMILES string of the molecule is COc1cc(N2CCC(N)C2)ccc1N. The highest BCUT2D eigenvalue weighted by Gasteiger charge is 2.19. The molecule has 1 atom stereocenters. The molecule has 1 fully saturated rings. The van der Waals surface area contributed by atoms with Gasteiger partial charge in [-0.1, -0.05) is 0 Å². The van der Waals surface area contributed by atoms with Crippen LogP contribution in [0.2, 0.25) is 0 Å². The smallest absolute Gasteiger partial charge is 0.143 e. The second-order valence-corrected chi connectivity index (χ2v) is 3.92. The van der Waals surface area contributed by atoms with E-state index in [1.165, 1.54) is 0 Å². The summed E-state index contributed by atoms with van der Waals surface area (Å²) < 4.78 is 5.19. The van der Waals surface area contributed by atoms with Crippen LogP contribution in [0.1, 0.15) is 6.42 Å². The maximum atomic E-state index is 5.87. The minimum absolute atomic E-state index is 0.286. The summed E-state index contributed by atoms with van der Waals surface area (Å²) in [5.74, 6) is 0.730. The Hall–Kier alpha value is -1.42. The van der Waals surface area contributed by atoms with Gasteiger partial charge in [-0.3, -0.25) is 0 Å². The molecular formula is C11H17N3O. The Morgan fingerprint density at radius 2 is 2.27 bits per heavy atom. The van der Waals surface area contributed by atoms with Gasteiger partial charge in [0.2, 0.25) is 0 Å². The third-order valence-electron chi connectivity index (χ3n) is 2.81. The molecule has 0 bridgehead atoms. The van der Waals surface area contributed by atoms with E-state index in [0.717, 1.165) is 30.9 Å². The lowest BCUT2D eigenvalue weighted by atomic mass is 10.2. The number of methoxy groups -OCH3 is 1. The largest absolute Gasteiger partial charge is 0.495 e. The van der Waals surface area contributed by atoms with Crippen LogP contribution in [-0.4, -0.2) is 26.2 Å². The lowest BCUT2D eigenvalue weighted by molar-refractivity contribution is 0.417. The molecule has 1 aromatic carbocycles. The fourth-order valence-electron chi connectivity index (χ4n) is 1.92. The Kier molecular flexibility index (Phi) is 2.68. The summed E-state index contributed by atoms with van der Waals surface area (Å²) >= 11 is 0. The van der Waals surface area contributed by atoms with Crippen LogP contribution in [0.15, 0.2) is 18.2 Å². The van der Waals surface area contributed by atoms with Crippen LogP contribution in [0, 0.1) is 0 Å². The molecule has 1 heterocycles. The van der Waals surface area contributed by atoms with Gasteiger partial charge < -0.3 is 21.1 Å². The number of nitrogen functional groups attached to an aromatic ring is 1. The third kappa shape index (κ3) is 1.99. The van der Waals surface area contributed by atoms with Crippen LogP contribution >= 0.6 is 0 Å². The Morgan fingerprint density at radius 3 is 2.87 bits per heavy atom. The number of anilines is 2. The van der Waals surface area contributed by atoms with E-state index < -0.39 is 0 Å². The van der Waals surface area contributed by atoms with E-state index in [2.05, 4.69) is 4.90 Å². The topological polar surface area (TPSA) is 64.5 Å². The maximum Gasteiger partial charge on any atom is 0.143 e. The van der Waals surface area contributed by atoms with E-state index in [1.807, 2.05) is 18.2 Å². The molecule has 0 saturated carbocycles. The molecule has 0 spiro atoms. The average molecular weight is 207 g/mol. The number of hydrogen-bond donors (Lipinski definition) is 2. The summed E-state index contributed by atoms with van der Waals surface area (Å²) in [5.41, 5.74) is 13.4. The first-order valence-corrected chi connectivity index (χ1v) is 5.14. The maximum absolute atomic E-state index is 5.87. The zero-order valence-corrected chi connectivity index (χ0v) is 8.94. The number of ether oxygens (including phenoxy) is 1. The molecule has 0 aromatic heterocycles. The molecule has 1 aliphatic rings.